The first-order chi connectivity index (χ1) is 13.6. The van der Waals surface area contributed by atoms with Crippen molar-refractivity contribution in [3.05, 3.63) is 59.9 Å². The van der Waals surface area contributed by atoms with E-state index in [0.29, 0.717) is 18.3 Å². The molecule has 1 aromatic heterocycles. The Morgan fingerprint density at radius 2 is 1.96 bits per heavy atom. The lowest BCUT2D eigenvalue weighted by Gasteiger charge is -2.29. The van der Waals surface area contributed by atoms with Gasteiger partial charge in [0.15, 0.2) is 0 Å². The number of aromatic nitrogens is 1. The first-order valence-electron chi connectivity index (χ1n) is 9.98. The third-order valence-electron chi connectivity index (χ3n) is 4.94. The quantitative estimate of drug-likeness (QED) is 0.760. The fourth-order valence-electron chi connectivity index (χ4n) is 3.32. The first-order valence-corrected chi connectivity index (χ1v) is 9.98. The molecule has 1 aromatic carbocycles. The molecule has 0 atom stereocenters. The van der Waals surface area contributed by atoms with Gasteiger partial charge in [-0.2, -0.15) is 0 Å². The van der Waals surface area contributed by atoms with E-state index in [1.165, 1.54) is 5.56 Å². The maximum Gasteiger partial charge on any atom is 0.269 e. The summed E-state index contributed by atoms with van der Waals surface area (Å²) in [6.45, 7) is 9.94. The van der Waals surface area contributed by atoms with Crippen LogP contribution in [-0.2, 0) is 11.3 Å². The molecule has 28 heavy (non-hydrogen) atoms. The van der Waals surface area contributed by atoms with E-state index in [2.05, 4.69) is 46.1 Å². The number of nitrogens with one attached hydrogen (secondary N) is 1. The molecule has 0 saturated carbocycles. The summed E-state index contributed by atoms with van der Waals surface area (Å²) in [5, 5.41) is 2.99. The van der Waals surface area contributed by atoms with Gasteiger partial charge in [-0.05, 0) is 31.5 Å². The number of amides is 1. The lowest BCUT2D eigenvalue weighted by atomic mass is 10.1. The molecule has 1 aliphatic rings. The number of nitrogens with zero attached hydrogens (tertiary/aromatic N) is 3. The Balaban J connectivity index is 1.61. The minimum absolute atomic E-state index is 0.126. The summed E-state index contributed by atoms with van der Waals surface area (Å²) < 4.78 is 5.35. The van der Waals surface area contributed by atoms with Crippen molar-refractivity contribution in [1.82, 2.24) is 15.2 Å². The summed E-state index contributed by atoms with van der Waals surface area (Å²) >= 11 is 0. The van der Waals surface area contributed by atoms with Crippen molar-refractivity contribution in [2.75, 3.05) is 44.3 Å². The predicted octanol–water partition coefficient (Wildman–Crippen LogP) is 2.56. The second kappa shape index (κ2) is 10.2. The number of ether oxygens (including phenoxy) is 1. The number of hydrogen-bond acceptors (Lipinski definition) is 5. The highest BCUT2D eigenvalue weighted by atomic mass is 16.5. The molecule has 2 heterocycles. The van der Waals surface area contributed by atoms with E-state index in [0.717, 1.165) is 45.1 Å². The molecule has 0 aliphatic carbocycles. The number of anilines is 1. The zero-order valence-electron chi connectivity index (χ0n) is 16.8. The van der Waals surface area contributed by atoms with Gasteiger partial charge in [0.2, 0.25) is 0 Å². The molecule has 0 unspecified atom stereocenters. The molecule has 0 spiro atoms. The molecule has 150 valence electrons. The third kappa shape index (κ3) is 5.78. The number of carbonyl (C=O) groups excluding carboxylic acids is 1. The zero-order chi connectivity index (χ0) is 19.8. The Bertz CT molecular complexity index is 745. The molecule has 6 nitrogen and oxygen atoms in total. The number of carbonyl (C=O) groups is 1. The summed E-state index contributed by atoms with van der Waals surface area (Å²) in [6.07, 6.45) is 1.71. The molecule has 1 N–H and O–H groups in total. The van der Waals surface area contributed by atoms with Crippen LogP contribution in [0, 0.1) is 0 Å². The SMILES string of the molecule is CC(C)N(Cc1ccccc1)c1ccnc(C(=O)NCCN2CCOCC2)c1. The van der Waals surface area contributed by atoms with Crippen LogP contribution in [0.15, 0.2) is 48.7 Å². The number of rotatable bonds is 8. The summed E-state index contributed by atoms with van der Waals surface area (Å²) in [4.78, 5) is 21.4. The van der Waals surface area contributed by atoms with Crippen molar-refractivity contribution >= 4 is 11.6 Å². The molecule has 0 radical (unpaired) electrons. The lowest BCUT2D eigenvalue weighted by Crippen LogP contribution is -2.41. The van der Waals surface area contributed by atoms with Gasteiger partial charge in [-0.15, -0.1) is 0 Å². The van der Waals surface area contributed by atoms with Gasteiger partial charge >= 0.3 is 0 Å². The van der Waals surface area contributed by atoms with Crippen LogP contribution >= 0.6 is 0 Å². The second-order valence-corrected chi connectivity index (χ2v) is 7.32. The van der Waals surface area contributed by atoms with Gasteiger partial charge in [-0.25, -0.2) is 0 Å². The molecule has 0 bridgehead atoms. The zero-order valence-corrected chi connectivity index (χ0v) is 16.8. The molecule has 3 rings (SSSR count). The number of hydrogen-bond donors (Lipinski definition) is 1. The second-order valence-electron chi connectivity index (χ2n) is 7.32. The maximum atomic E-state index is 12.6. The van der Waals surface area contributed by atoms with Gasteiger partial charge in [0, 0.05) is 50.6 Å². The van der Waals surface area contributed by atoms with Crippen LogP contribution in [0.5, 0.6) is 0 Å². The Labute approximate surface area is 167 Å². The standard InChI is InChI=1S/C22H30N4O2/c1-18(2)26(17-19-6-4-3-5-7-19)20-8-9-23-21(16-20)22(27)24-10-11-25-12-14-28-15-13-25/h3-9,16,18H,10-15,17H2,1-2H3,(H,24,27). The highest BCUT2D eigenvalue weighted by Crippen LogP contribution is 2.20. The number of pyridine rings is 1. The highest BCUT2D eigenvalue weighted by Gasteiger charge is 2.15. The Morgan fingerprint density at radius 3 is 2.68 bits per heavy atom. The van der Waals surface area contributed by atoms with E-state index in [-0.39, 0.29) is 5.91 Å². The molecule has 6 heteroatoms. The smallest absolute Gasteiger partial charge is 0.269 e. The lowest BCUT2D eigenvalue weighted by molar-refractivity contribution is 0.0383. The average molecular weight is 383 g/mol. The van der Waals surface area contributed by atoms with Crippen LogP contribution < -0.4 is 10.2 Å². The Morgan fingerprint density at radius 1 is 1.21 bits per heavy atom. The van der Waals surface area contributed by atoms with Gasteiger partial charge in [-0.1, -0.05) is 30.3 Å². The monoisotopic (exact) mass is 382 g/mol. The van der Waals surface area contributed by atoms with Crippen LogP contribution in [-0.4, -0.2) is 61.2 Å². The molecule has 1 amide bonds. The fourth-order valence-corrected chi connectivity index (χ4v) is 3.32. The first kappa shape index (κ1) is 20.3. The summed E-state index contributed by atoms with van der Waals surface area (Å²) in [5.41, 5.74) is 2.70. The largest absolute Gasteiger partial charge is 0.379 e. The number of morpholine rings is 1. The van der Waals surface area contributed by atoms with Gasteiger partial charge in [0.1, 0.15) is 5.69 Å². The normalized spacial score (nSPS) is 14.8. The molecule has 1 aliphatic heterocycles. The van der Waals surface area contributed by atoms with Crippen molar-refractivity contribution in [3.63, 3.8) is 0 Å². The van der Waals surface area contributed by atoms with Crippen LogP contribution in [0.1, 0.15) is 29.9 Å². The highest BCUT2D eigenvalue weighted by molar-refractivity contribution is 5.93. The Hall–Kier alpha value is -2.44. The topological polar surface area (TPSA) is 57.7 Å². The predicted molar refractivity (Wildman–Crippen MR) is 112 cm³/mol. The van der Waals surface area contributed by atoms with Gasteiger partial charge in [0.25, 0.3) is 5.91 Å². The van der Waals surface area contributed by atoms with Gasteiger partial charge < -0.3 is 15.0 Å². The van der Waals surface area contributed by atoms with Crippen molar-refractivity contribution < 1.29 is 9.53 Å². The molecule has 2 aromatic rings. The van der Waals surface area contributed by atoms with E-state index < -0.39 is 0 Å². The molecular weight excluding hydrogens is 352 g/mol. The van der Waals surface area contributed by atoms with E-state index >= 15 is 0 Å². The van der Waals surface area contributed by atoms with Gasteiger partial charge in [0.05, 0.1) is 13.2 Å². The van der Waals surface area contributed by atoms with Crippen molar-refractivity contribution in [3.8, 4) is 0 Å². The van der Waals surface area contributed by atoms with E-state index in [9.17, 15) is 4.79 Å². The van der Waals surface area contributed by atoms with Crippen molar-refractivity contribution in [2.24, 2.45) is 0 Å². The summed E-state index contributed by atoms with van der Waals surface area (Å²) in [6, 6.07) is 14.5. The fraction of sp³-hybridized carbons (Fsp3) is 0.455. The van der Waals surface area contributed by atoms with Gasteiger partial charge in [-0.3, -0.25) is 14.7 Å². The van der Waals surface area contributed by atoms with Crippen molar-refractivity contribution in [2.45, 2.75) is 26.4 Å². The maximum absolute atomic E-state index is 12.6. The minimum atomic E-state index is -0.126. The molecular formula is C22H30N4O2. The Kier molecular flexibility index (Phi) is 7.39. The minimum Gasteiger partial charge on any atom is -0.379 e. The van der Waals surface area contributed by atoms with Crippen LogP contribution in [0.2, 0.25) is 0 Å². The molecule has 1 saturated heterocycles. The average Bonchev–Trinajstić information content (AvgIpc) is 2.73. The third-order valence-corrected chi connectivity index (χ3v) is 4.94. The van der Waals surface area contributed by atoms with Crippen molar-refractivity contribution in [1.29, 1.82) is 0 Å². The van der Waals surface area contributed by atoms with Crippen LogP contribution in [0.25, 0.3) is 0 Å². The van der Waals surface area contributed by atoms with E-state index in [4.69, 9.17) is 4.74 Å². The summed E-state index contributed by atoms with van der Waals surface area (Å²) in [5.74, 6) is -0.126. The summed E-state index contributed by atoms with van der Waals surface area (Å²) in [7, 11) is 0. The molecule has 1 fully saturated rings. The number of benzene rings is 1. The van der Waals surface area contributed by atoms with E-state index in [1.807, 2.05) is 30.3 Å². The van der Waals surface area contributed by atoms with Crippen LogP contribution in [0.4, 0.5) is 5.69 Å². The van der Waals surface area contributed by atoms with Crippen LogP contribution in [0.3, 0.4) is 0 Å². The van der Waals surface area contributed by atoms with E-state index in [1.54, 1.807) is 6.20 Å².